The molecule has 3 aromatic rings. The minimum Gasteiger partial charge on any atom is -0.381 e. The SMILES string of the molecule is CC(C)(C)NC(=O)[C@@H]1CCCN1C(=O)C(O)[C@H](Cc1ccccc1)NC(=O)[C@H](CC(N)=O)NC(=O)c1cnc2ccccc2n1. The monoisotopic (exact) mass is 617 g/mol. The van der Waals surface area contributed by atoms with Gasteiger partial charge in [-0.3, -0.25) is 29.0 Å². The summed E-state index contributed by atoms with van der Waals surface area (Å²) in [5, 5.41) is 19.4. The number of nitrogens with two attached hydrogens (primary N) is 1. The standard InChI is InChI=1S/C32H39N7O6/c1-32(2,3)38-30(44)25-14-9-15-39(25)31(45)27(41)22(16-19-10-5-4-6-11-19)36-28(42)23(17-26(33)40)37-29(43)24-18-34-20-12-7-8-13-21(20)35-24/h4-8,10-13,18,22-23,25,27,41H,9,14-17H2,1-3H3,(H2,33,40)(H,36,42)(H,37,43)(H,38,44)/t22-,23-,25-,27?/m0/s1. The Kier molecular flexibility index (Phi) is 10.4. The number of aliphatic hydroxyl groups excluding tert-OH is 1. The number of likely N-dealkylation sites (tertiary alicyclic amines) is 1. The van der Waals surface area contributed by atoms with E-state index in [9.17, 15) is 29.1 Å². The molecule has 0 bridgehead atoms. The van der Waals surface area contributed by atoms with Crippen molar-refractivity contribution in [1.29, 1.82) is 0 Å². The molecule has 6 N–H and O–H groups in total. The summed E-state index contributed by atoms with van der Waals surface area (Å²) in [4.78, 5) is 75.0. The summed E-state index contributed by atoms with van der Waals surface area (Å²) in [6, 6.07) is 12.4. The van der Waals surface area contributed by atoms with E-state index in [0.29, 0.717) is 29.4 Å². The third-order valence-electron chi connectivity index (χ3n) is 7.31. The van der Waals surface area contributed by atoms with Crippen LogP contribution in [0, 0.1) is 0 Å². The fraction of sp³-hybridized carbons (Fsp3) is 0.406. The van der Waals surface area contributed by atoms with Crippen LogP contribution in [0.5, 0.6) is 0 Å². The molecule has 0 saturated carbocycles. The Hall–Kier alpha value is -4.91. The molecule has 1 aliphatic heterocycles. The van der Waals surface area contributed by atoms with E-state index in [-0.39, 0.29) is 24.6 Å². The number of nitrogens with one attached hydrogen (secondary N) is 3. The normalized spacial score (nSPS) is 16.8. The molecule has 1 aromatic heterocycles. The molecule has 2 aromatic carbocycles. The zero-order valence-electron chi connectivity index (χ0n) is 25.5. The third kappa shape index (κ3) is 8.82. The van der Waals surface area contributed by atoms with Crippen LogP contribution in [-0.2, 0) is 25.6 Å². The zero-order chi connectivity index (χ0) is 32.7. The summed E-state index contributed by atoms with van der Waals surface area (Å²) in [6.45, 7) is 5.76. The quantitative estimate of drug-likeness (QED) is 0.206. The van der Waals surface area contributed by atoms with Gasteiger partial charge in [-0.05, 0) is 57.7 Å². The van der Waals surface area contributed by atoms with Gasteiger partial charge in [0.25, 0.3) is 11.8 Å². The first kappa shape index (κ1) is 33.0. The Morgan fingerprint density at radius 3 is 2.33 bits per heavy atom. The van der Waals surface area contributed by atoms with E-state index in [1.54, 1.807) is 54.6 Å². The van der Waals surface area contributed by atoms with Gasteiger partial charge in [0.2, 0.25) is 17.7 Å². The average molecular weight is 618 g/mol. The number of carbonyl (C=O) groups is 5. The summed E-state index contributed by atoms with van der Waals surface area (Å²) in [7, 11) is 0. The molecular weight excluding hydrogens is 578 g/mol. The minimum atomic E-state index is -1.74. The maximum Gasteiger partial charge on any atom is 0.272 e. The number of aliphatic hydroxyl groups is 1. The Morgan fingerprint density at radius 1 is 1.00 bits per heavy atom. The number of rotatable bonds is 11. The van der Waals surface area contributed by atoms with Crippen LogP contribution in [0.3, 0.4) is 0 Å². The van der Waals surface area contributed by atoms with Crippen LogP contribution in [0.25, 0.3) is 11.0 Å². The first-order chi connectivity index (χ1) is 21.3. The molecule has 0 radical (unpaired) electrons. The topological polar surface area (TPSA) is 197 Å². The van der Waals surface area contributed by atoms with E-state index in [0.717, 1.165) is 0 Å². The van der Waals surface area contributed by atoms with Gasteiger partial charge < -0.3 is 31.7 Å². The molecule has 1 aliphatic rings. The molecule has 1 unspecified atom stereocenters. The molecule has 4 rings (SSSR count). The summed E-state index contributed by atoms with van der Waals surface area (Å²) in [5.74, 6) is -3.52. The smallest absolute Gasteiger partial charge is 0.272 e. The van der Waals surface area contributed by atoms with E-state index in [1.807, 2.05) is 20.8 Å². The number of fused-ring (bicyclic) bond motifs is 1. The van der Waals surface area contributed by atoms with Crippen molar-refractivity contribution in [1.82, 2.24) is 30.8 Å². The molecule has 0 aliphatic carbocycles. The number of amides is 5. The van der Waals surface area contributed by atoms with E-state index < -0.39 is 59.8 Å². The number of aromatic nitrogens is 2. The summed E-state index contributed by atoms with van der Waals surface area (Å²) in [5.41, 5.74) is 6.54. The second-order valence-corrected chi connectivity index (χ2v) is 12.1. The number of primary amides is 1. The largest absolute Gasteiger partial charge is 0.381 e. The van der Waals surface area contributed by atoms with Crippen molar-refractivity contribution in [2.45, 2.75) is 76.2 Å². The second kappa shape index (κ2) is 14.2. The Bertz CT molecular complexity index is 1560. The Morgan fingerprint density at radius 2 is 1.67 bits per heavy atom. The maximum absolute atomic E-state index is 13.6. The molecule has 45 heavy (non-hydrogen) atoms. The van der Waals surface area contributed by atoms with E-state index in [4.69, 9.17) is 5.73 Å². The highest BCUT2D eigenvalue weighted by Crippen LogP contribution is 2.21. The van der Waals surface area contributed by atoms with Crippen LogP contribution in [0.4, 0.5) is 0 Å². The van der Waals surface area contributed by atoms with Crippen molar-refractivity contribution in [3.05, 3.63) is 72.1 Å². The number of para-hydroxylation sites is 2. The molecule has 13 nitrogen and oxygen atoms in total. The first-order valence-corrected chi connectivity index (χ1v) is 14.8. The van der Waals surface area contributed by atoms with Crippen LogP contribution in [0.15, 0.2) is 60.8 Å². The molecule has 13 heteroatoms. The van der Waals surface area contributed by atoms with Gasteiger partial charge >= 0.3 is 0 Å². The molecule has 1 fully saturated rings. The van der Waals surface area contributed by atoms with E-state index in [1.165, 1.54) is 11.1 Å². The summed E-state index contributed by atoms with van der Waals surface area (Å²) in [6.07, 6.45) is -0.00358. The lowest BCUT2D eigenvalue weighted by Crippen LogP contribution is -2.59. The van der Waals surface area contributed by atoms with Crippen LogP contribution < -0.4 is 21.7 Å². The summed E-state index contributed by atoms with van der Waals surface area (Å²) < 4.78 is 0. The van der Waals surface area contributed by atoms with E-state index in [2.05, 4.69) is 25.9 Å². The summed E-state index contributed by atoms with van der Waals surface area (Å²) >= 11 is 0. The van der Waals surface area contributed by atoms with Crippen molar-refractivity contribution >= 4 is 40.6 Å². The van der Waals surface area contributed by atoms with Crippen LogP contribution >= 0.6 is 0 Å². The van der Waals surface area contributed by atoms with Gasteiger partial charge in [0.05, 0.1) is 29.7 Å². The Labute approximate surface area is 261 Å². The van der Waals surface area contributed by atoms with Gasteiger partial charge in [-0.25, -0.2) is 4.98 Å². The second-order valence-electron chi connectivity index (χ2n) is 12.1. The fourth-order valence-electron chi connectivity index (χ4n) is 5.20. The highest BCUT2D eigenvalue weighted by Gasteiger charge is 2.41. The Balaban J connectivity index is 1.55. The highest BCUT2D eigenvalue weighted by molar-refractivity contribution is 5.98. The lowest BCUT2D eigenvalue weighted by atomic mass is 9.99. The molecule has 238 valence electrons. The minimum absolute atomic E-state index is 0.0412. The van der Waals surface area contributed by atoms with Gasteiger partial charge in [-0.2, -0.15) is 0 Å². The van der Waals surface area contributed by atoms with Gasteiger partial charge in [0, 0.05) is 12.1 Å². The molecule has 4 atom stereocenters. The molecule has 0 spiro atoms. The van der Waals surface area contributed by atoms with Crippen molar-refractivity contribution in [2.24, 2.45) is 5.73 Å². The number of hydrogen-bond donors (Lipinski definition) is 5. The van der Waals surface area contributed by atoms with Crippen molar-refractivity contribution < 1.29 is 29.1 Å². The van der Waals surface area contributed by atoms with Gasteiger partial charge in [0.1, 0.15) is 17.8 Å². The molecule has 5 amide bonds. The number of hydrogen-bond acceptors (Lipinski definition) is 8. The lowest BCUT2D eigenvalue weighted by Gasteiger charge is -2.32. The first-order valence-electron chi connectivity index (χ1n) is 14.8. The van der Waals surface area contributed by atoms with Crippen LogP contribution in [-0.4, -0.2) is 85.8 Å². The van der Waals surface area contributed by atoms with Gasteiger partial charge in [-0.1, -0.05) is 42.5 Å². The highest BCUT2D eigenvalue weighted by atomic mass is 16.3. The van der Waals surface area contributed by atoms with Crippen molar-refractivity contribution in [2.75, 3.05) is 6.54 Å². The van der Waals surface area contributed by atoms with Gasteiger partial charge in [0.15, 0.2) is 6.10 Å². The lowest BCUT2D eigenvalue weighted by molar-refractivity contribution is -0.147. The maximum atomic E-state index is 13.6. The van der Waals surface area contributed by atoms with E-state index >= 15 is 0 Å². The number of benzene rings is 2. The zero-order valence-corrected chi connectivity index (χ0v) is 25.5. The third-order valence-corrected chi connectivity index (χ3v) is 7.31. The fourth-order valence-corrected chi connectivity index (χ4v) is 5.20. The molecule has 1 saturated heterocycles. The van der Waals surface area contributed by atoms with Crippen molar-refractivity contribution in [3.8, 4) is 0 Å². The number of carbonyl (C=O) groups excluding carboxylic acids is 5. The molecular formula is C32H39N7O6. The predicted molar refractivity (Wildman–Crippen MR) is 165 cm³/mol. The van der Waals surface area contributed by atoms with Crippen LogP contribution in [0.1, 0.15) is 56.1 Å². The predicted octanol–water partition coefficient (Wildman–Crippen LogP) is 0.598. The van der Waals surface area contributed by atoms with Crippen LogP contribution in [0.2, 0.25) is 0 Å². The number of nitrogens with zero attached hydrogens (tertiary/aromatic N) is 3. The molecule has 2 heterocycles. The van der Waals surface area contributed by atoms with Gasteiger partial charge in [-0.15, -0.1) is 0 Å². The average Bonchev–Trinajstić information content (AvgIpc) is 3.49. The van der Waals surface area contributed by atoms with Crippen molar-refractivity contribution in [3.63, 3.8) is 0 Å².